The molecular weight excluding hydrogens is 226 g/mol. The molecule has 4 nitrogen and oxygen atoms in total. The van der Waals surface area contributed by atoms with E-state index in [1.165, 1.54) is 11.8 Å². The minimum Gasteiger partial charge on any atom is -0.444 e. The molecule has 1 fully saturated rings. The number of Topliss-reactive ketones (excluding diaryl/α,β-unsaturated/α-hetero) is 1. The van der Waals surface area contributed by atoms with E-state index in [1.807, 2.05) is 27.0 Å². The lowest BCUT2D eigenvalue weighted by molar-refractivity contribution is -0.120. The highest BCUT2D eigenvalue weighted by Crippen LogP contribution is 2.19. The van der Waals surface area contributed by atoms with Crippen LogP contribution in [0.15, 0.2) is 0 Å². The van der Waals surface area contributed by atoms with Crippen molar-refractivity contribution in [3.8, 4) is 0 Å². The van der Waals surface area contributed by atoms with Crippen molar-refractivity contribution in [2.24, 2.45) is 0 Å². The summed E-state index contributed by atoms with van der Waals surface area (Å²) in [5.74, 6) is 0.229. The van der Waals surface area contributed by atoms with Gasteiger partial charge in [-0.1, -0.05) is 0 Å². The maximum atomic E-state index is 11.8. The van der Waals surface area contributed by atoms with E-state index in [1.54, 1.807) is 4.90 Å². The number of carbonyl (C=O) groups excluding carboxylic acids is 2. The van der Waals surface area contributed by atoms with Gasteiger partial charge >= 0.3 is 6.09 Å². The fourth-order valence-corrected chi connectivity index (χ4v) is 2.21. The molecule has 5 heteroatoms. The van der Waals surface area contributed by atoms with E-state index in [9.17, 15) is 9.59 Å². The van der Waals surface area contributed by atoms with Crippen molar-refractivity contribution in [3.63, 3.8) is 0 Å². The van der Waals surface area contributed by atoms with Crippen molar-refractivity contribution in [3.05, 3.63) is 0 Å². The molecule has 0 aliphatic carbocycles. The first-order valence-corrected chi connectivity index (χ1v) is 6.65. The third-order valence-electron chi connectivity index (χ3n) is 2.31. The molecule has 0 radical (unpaired) electrons. The van der Waals surface area contributed by atoms with E-state index >= 15 is 0 Å². The molecule has 0 N–H and O–H groups in total. The maximum Gasteiger partial charge on any atom is 0.410 e. The van der Waals surface area contributed by atoms with Crippen LogP contribution in [0, 0.1) is 0 Å². The summed E-state index contributed by atoms with van der Waals surface area (Å²) in [7, 11) is 0. The van der Waals surface area contributed by atoms with Gasteiger partial charge in [-0.25, -0.2) is 4.79 Å². The normalized spacial score (nSPS) is 22.1. The third kappa shape index (κ3) is 3.70. The van der Waals surface area contributed by atoms with Crippen LogP contribution in [0.25, 0.3) is 0 Å². The minimum atomic E-state index is -0.479. The van der Waals surface area contributed by atoms with E-state index in [4.69, 9.17) is 4.74 Å². The van der Waals surface area contributed by atoms with Crippen molar-refractivity contribution >= 4 is 23.6 Å². The van der Waals surface area contributed by atoms with Crippen LogP contribution in [0.1, 0.15) is 27.2 Å². The van der Waals surface area contributed by atoms with Gasteiger partial charge in [0.15, 0.2) is 0 Å². The van der Waals surface area contributed by atoms with Crippen LogP contribution >= 0.6 is 11.8 Å². The van der Waals surface area contributed by atoms with E-state index in [-0.39, 0.29) is 17.1 Å². The lowest BCUT2D eigenvalue weighted by Crippen LogP contribution is -2.47. The third-order valence-corrected chi connectivity index (χ3v) is 3.29. The summed E-state index contributed by atoms with van der Waals surface area (Å²) in [6.07, 6.45) is 2.00. The molecule has 0 aromatic heterocycles. The number of carbonyl (C=O) groups is 2. The summed E-state index contributed by atoms with van der Waals surface area (Å²) < 4.78 is 5.27. The smallest absolute Gasteiger partial charge is 0.410 e. The molecule has 0 saturated carbocycles. The van der Waals surface area contributed by atoms with Crippen LogP contribution in [-0.4, -0.2) is 47.0 Å². The lowest BCUT2D eigenvalue weighted by atomic mass is 10.1. The summed E-state index contributed by atoms with van der Waals surface area (Å²) in [4.78, 5) is 24.9. The number of rotatable bonds is 1. The molecule has 1 saturated heterocycles. The van der Waals surface area contributed by atoms with Crippen molar-refractivity contribution in [2.75, 3.05) is 19.3 Å². The molecule has 1 aliphatic heterocycles. The van der Waals surface area contributed by atoms with Gasteiger partial charge in [-0.3, -0.25) is 4.79 Å². The van der Waals surface area contributed by atoms with E-state index in [0.717, 1.165) is 0 Å². The van der Waals surface area contributed by atoms with Gasteiger partial charge in [0.25, 0.3) is 0 Å². The maximum absolute atomic E-state index is 11.8. The lowest BCUT2D eigenvalue weighted by Gasteiger charge is -2.32. The number of ether oxygens (including phenoxy) is 1. The van der Waals surface area contributed by atoms with Crippen LogP contribution in [0.5, 0.6) is 0 Å². The van der Waals surface area contributed by atoms with Gasteiger partial charge in [-0.2, -0.15) is 11.8 Å². The first-order valence-electron chi connectivity index (χ1n) is 5.37. The standard InChI is InChI=1S/C11H19NO3S/c1-11(2,3)15-10(14)12-6-5-8(13)9(7-12)16-4/h9H,5-7H2,1-4H3. The molecule has 1 rings (SSSR count). The Bertz CT molecular complexity index is 285. The Labute approximate surface area is 101 Å². The largest absolute Gasteiger partial charge is 0.444 e. The SMILES string of the molecule is CSC1CN(C(=O)OC(C)(C)C)CCC1=O. The van der Waals surface area contributed by atoms with Gasteiger partial charge in [-0.05, 0) is 27.0 Å². The van der Waals surface area contributed by atoms with Gasteiger partial charge in [-0.15, -0.1) is 0 Å². The molecule has 1 amide bonds. The van der Waals surface area contributed by atoms with Crippen molar-refractivity contribution in [1.82, 2.24) is 4.90 Å². The highest BCUT2D eigenvalue weighted by molar-refractivity contribution is 8.00. The zero-order valence-electron chi connectivity index (χ0n) is 10.3. The van der Waals surface area contributed by atoms with Gasteiger partial charge < -0.3 is 9.64 Å². The molecule has 0 spiro atoms. The molecule has 92 valence electrons. The van der Waals surface area contributed by atoms with E-state index < -0.39 is 5.60 Å². The van der Waals surface area contributed by atoms with Crippen molar-refractivity contribution in [2.45, 2.75) is 38.0 Å². The fraction of sp³-hybridized carbons (Fsp3) is 0.818. The quantitative estimate of drug-likeness (QED) is 0.708. The Kier molecular flexibility index (Phi) is 4.24. The molecule has 0 aromatic carbocycles. The number of hydrogen-bond donors (Lipinski definition) is 0. The fourth-order valence-electron chi connectivity index (χ4n) is 1.50. The Morgan fingerprint density at radius 1 is 1.50 bits per heavy atom. The van der Waals surface area contributed by atoms with Crippen LogP contribution in [-0.2, 0) is 9.53 Å². The number of thioether (sulfide) groups is 1. The highest BCUT2D eigenvalue weighted by Gasteiger charge is 2.31. The summed E-state index contributed by atoms with van der Waals surface area (Å²) in [6.45, 7) is 6.46. The Morgan fingerprint density at radius 3 is 2.62 bits per heavy atom. The number of piperidine rings is 1. The molecule has 16 heavy (non-hydrogen) atoms. The predicted octanol–water partition coefficient (Wildman–Crippen LogP) is 1.93. The summed E-state index contributed by atoms with van der Waals surface area (Å²) in [6, 6.07) is 0. The number of nitrogens with zero attached hydrogens (tertiary/aromatic N) is 1. The summed E-state index contributed by atoms with van der Waals surface area (Å²) in [5, 5.41) is -0.0960. The topological polar surface area (TPSA) is 46.6 Å². The van der Waals surface area contributed by atoms with Crippen molar-refractivity contribution in [1.29, 1.82) is 0 Å². The average molecular weight is 245 g/mol. The van der Waals surface area contributed by atoms with Gasteiger partial charge in [0.1, 0.15) is 11.4 Å². The summed E-state index contributed by atoms with van der Waals surface area (Å²) >= 11 is 1.49. The van der Waals surface area contributed by atoms with Gasteiger partial charge in [0, 0.05) is 19.5 Å². The molecule has 0 bridgehead atoms. The van der Waals surface area contributed by atoms with Crippen LogP contribution in [0.3, 0.4) is 0 Å². The van der Waals surface area contributed by atoms with Crippen molar-refractivity contribution < 1.29 is 14.3 Å². The average Bonchev–Trinajstić information content (AvgIpc) is 2.15. The molecule has 1 aliphatic rings. The molecule has 1 heterocycles. The van der Waals surface area contributed by atoms with Crippen LogP contribution in [0.2, 0.25) is 0 Å². The number of hydrogen-bond acceptors (Lipinski definition) is 4. The first-order chi connectivity index (χ1) is 7.33. The zero-order chi connectivity index (χ0) is 12.3. The molecule has 1 atom stereocenters. The monoisotopic (exact) mass is 245 g/mol. The van der Waals surface area contributed by atoms with Crippen LogP contribution < -0.4 is 0 Å². The zero-order valence-corrected chi connectivity index (χ0v) is 11.1. The molecular formula is C11H19NO3S. The number of amides is 1. The Balaban J connectivity index is 2.55. The second-order valence-electron chi connectivity index (χ2n) is 4.87. The molecule has 1 unspecified atom stereocenters. The Hall–Kier alpha value is -0.710. The highest BCUT2D eigenvalue weighted by atomic mass is 32.2. The number of ketones is 1. The van der Waals surface area contributed by atoms with Gasteiger partial charge in [0.2, 0.25) is 0 Å². The Morgan fingerprint density at radius 2 is 2.12 bits per heavy atom. The van der Waals surface area contributed by atoms with E-state index in [2.05, 4.69) is 0 Å². The summed E-state index contributed by atoms with van der Waals surface area (Å²) in [5.41, 5.74) is -0.479. The molecule has 0 aromatic rings. The van der Waals surface area contributed by atoms with Crippen LogP contribution in [0.4, 0.5) is 4.79 Å². The minimum absolute atomic E-state index is 0.0960. The second-order valence-corrected chi connectivity index (χ2v) is 5.91. The predicted molar refractivity (Wildman–Crippen MR) is 64.7 cm³/mol. The number of likely N-dealkylation sites (tertiary alicyclic amines) is 1. The second kappa shape index (κ2) is 5.08. The van der Waals surface area contributed by atoms with E-state index in [0.29, 0.717) is 19.5 Å². The first kappa shape index (κ1) is 13.4. The van der Waals surface area contributed by atoms with Gasteiger partial charge in [0.05, 0.1) is 5.25 Å².